The molecule has 116 valence electrons. The highest BCUT2D eigenvalue weighted by Gasteiger charge is 2.38. The van der Waals surface area contributed by atoms with Gasteiger partial charge in [0, 0.05) is 34.3 Å². The van der Waals surface area contributed by atoms with Crippen LogP contribution in [0.3, 0.4) is 0 Å². The lowest BCUT2D eigenvalue weighted by Crippen LogP contribution is -2.29. The van der Waals surface area contributed by atoms with Gasteiger partial charge in [0.05, 0.1) is 11.0 Å². The summed E-state index contributed by atoms with van der Waals surface area (Å²) < 4.78 is 0. The van der Waals surface area contributed by atoms with E-state index in [1.807, 2.05) is 12.1 Å². The van der Waals surface area contributed by atoms with E-state index in [0.717, 1.165) is 17.7 Å². The summed E-state index contributed by atoms with van der Waals surface area (Å²) in [6, 6.07) is 12.9. The second-order valence-electron chi connectivity index (χ2n) is 6.03. The normalized spacial score (nSPS) is 24.7. The average Bonchev–Trinajstić information content (AvgIpc) is 3.04. The van der Waals surface area contributed by atoms with Crippen molar-refractivity contribution in [2.75, 3.05) is 5.32 Å². The predicted molar refractivity (Wildman–Crippen MR) is 90.9 cm³/mol. The highest BCUT2D eigenvalue weighted by Crippen LogP contribution is 2.50. The average molecular weight is 327 g/mol. The van der Waals surface area contributed by atoms with Gasteiger partial charge in [0.2, 0.25) is 0 Å². The summed E-state index contributed by atoms with van der Waals surface area (Å²) in [6.07, 6.45) is 5.37. The molecule has 0 radical (unpaired) electrons. The first-order valence-electron chi connectivity index (χ1n) is 7.61. The Kier molecular flexibility index (Phi) is 3.34. The van der Waals surface area contributed by atoms with Crippen molar-refractivity contribution < 1.29 is 4.92 Å². The minimum Gasteiger partial charge on any atom is -0.378 e. The van der Waals surface area contributed by atoms with Gasteiger partial charge in [-0.15, -0.1) is 0 Å². The molecule has 23 heavy (non-hydrogen) atoms. The summed E-state index contributed by atoms with van der Waals surface area (Å²) in [4.78, 5) is 10.7. The molecule has 0 saturated heterocycles. The fraction of sp³-hybridized carbons (Fsp3) is 0.222. The third kappa shape index (κ3) is 2.30. The molecule has 0 aromatic heterocycles. The zero-order chi connectivity index (χ0) is 16.0. The number of nitro groups is 1. The predicted octanol–water partition coefficient (Wildman–Crippen LogP) is 5.07. The molecule has 0 saturated carbocycles. The quantitative estimate of drug-likeness (QED) is 0.476. The molecule has 2 aromatic carbocycles. The number of allylic oxidation sites excluding steroid dienone is 2. The molecule has 1 aliphatic heterocycles. The minimum atomic E-state index is -0.374. The largest absolute Gasteiger partial charge is 0.378 e. The van der Waals surface area contributed by atoms with E-state index in [1.54, 1.807) is 12.1 Å². The molecule has 0 fully saturated rings. The molecule has 0 amide bonds. The van der Waals surface area contributed by atoms with Gasteiger partial charge >= 0.3 is 0 Å². The Bertz CT molecular complexity index is 818. The molecular formula is C18H15ClN2O2. The van der Waals surface area contributed by atoms with Gasteiger partial charge in [-0.05, 0) is 30.0 Å². The lowest BCUT2D eigenvalue weighted by atomic mass is 9.77. The van der Waals surface area contributed by atoms with E-state index in [2.05, 4.69) is 29.6 Å². The standard InChI is InChI=1S/C18H15ClN2O2/c19-16-9-8-11(21(22)23)10-15(16)18-14-6-3-5-12(14)13-4-1-2-7-17(13)20-18/h1-5,7-10,12,14,18,20H,6H2/t12-,14-,18-/m1/s1. The Morgan fingerprint density at radius 2 is 2.00 bits per heavy atom. The van der Waals surface area contributed by atoms with Crippen LogP contribution in [0.1, 0.15) is 29.5 Å². The van der Waals surface area contributed by atoms with Crippen molar-refractivity contribution in [2.24, 2.45) is 5.92 Å². The van der Waals surface area contributed by atoms with E-state index in [0.29, 0.717) is 16.9 Å². The van der Waals surface area contributed by atoms with Crippen LogP contribution in [0.4, 0.5) is 11.4 Å². The highest BCUT2D eigenvalue weighted by atomic mass is 35.5. The van der Waals surface area contributed by atoms with Gasteiger partial charge < -0.3 is 5.32 Å². The smallest absolute Gasteiger partial charge is 0.269 e. The first-order chi connectivity index (χ1) is 11.1. The molecule has 1 heterocycles. The zero-order valence-corrected chi connectivity index (χ0v) is 13.0. The van der Waals surface area contributed by atoms with E-state index in [4.69, 9.17) is 11.6 Å². The van der Waals surface area contributed by atoms with Crippen LogP contribution in [0.2, 0.25) is 5.02 Å². The Labute approximate surface area is 138 Å². The number of fused-ring (bicyclic) bond motifs is 3. The Balaban J connectivity index is 1.81. The van der Waals surface area contributed by atoms with E-state index >= 15 is 0 Å². The topological polar surface area (TPSA) is 55.2 Å². The number of nitro benzene ring substituents is 1. The van der Waals surface area contributed by atoms with E-state index in [9.17, 15) is 10.1 Å². The number of benzene rings is 2. The van der Waals surface area contributed by atoms with E-state index < -0.39 is 0 Å². The monoisotopic (exact) mass is 326 g/mol. The van der Waals surface area contributed by atoms with Crippen molar-refractivity contribution >= 4 is 23.0 Å². The van der Waals surface area contributed by atoms with Crippen LogP contribution < -0.4 is 5.32 Å². The van der Waals surface area contributed by atoms with Crippen LogP contribution in [0.25, 0.3) is 0 Å². The maximum absolute atomic E-state index is 11.1. The van der Waals surface area contributed by atoms with E-state index in [1.165, 1.54) is 11.6 Å². The van der Waals surface area contributed by atoms with Gasteiger partial charge in [0.25, 0.3) is 5.69 Å². The molecular weight excluding hydrogens is 312 g/mol. The number of rotatable bonds is 2. The molecule has 2 aromatic rings. The van der Waals surface area contributed by atoms with Crippen LogP contribution in [0.5, 0.6) is 0 Å². The molecule has 4 nitrogen and oxygen atoms in total. The second-order valence-corrected chi connectivity index (χ2v) is 6.43. The lowest BCUT2D eigenvalue weighted by molar-refractivity contribution is -0.384. The first-order valence-corrected chi connectivity index (χ1v) is 7.99. The van der Waals surface area contributed by atoms with Gasteiger partial charge in [-0.3, -0.25) is 10.1 Å². The van der Waals surface area contributed by atoms with Crippen molar-refractivity contribution in [2.45, 2.75) is 18.4 Å². The summed E-state index contributed by atoms with van der Waals surface area (Å²) in [6.45, 7) is 0. The summed E-state index contributed by atoms with van der Waals surface area (Å²) in [5.41, 5.74) is 3.23. The molecule has 5 heteroatoms. The first kappa shape index (κ1) is 14.3. The minimum absolute atomic E-state index is 0.0303. The van der Waals surface area contributed by atoms with Gasteiger partial charge in [0.15, 0.2) is 0 Å². The van der Waals surface area contributed by atoms with Crippen molar-refractivity contribution in [3.05, 3.63) is 80.9 Å². The number of halogens is 1. The molecule has 0 spiro atoms. The Morgan fingerprint density at radius 3 is 2.83 bits per heavy atom. The number of nitrogens with zero attached hydrogens (tertiary/aromatic N) is 1. The number of nitrogens with one attached hydrogen (secondary N) is 1. The maximum Gasteiger partial charge on any atom is 0.269 e. The Hall–Kier alpha value is -2.33. The van der Waals surface area contributed by atoms with Crippen LogP contribution in [-0.2, 0) is 0 Å². The lowest BCUT2D eigenvalue weighted by Gasteiger charge is -2.37. The summed E-state index contributed by atoms with van der Waals surface area (Å²) in [5, 5.41) is 15.2. The van der Waals surface area contributed by atoms with Gasteiger partial charge in [-0.25, -0.2) is 0 Å². The third-order valence-corrected chi connectivity index (χ3v) is 5.14. The molecule has 0 bridgehead atoms. The van der Waals surface area contributed by atoms with Crippen molar-refractivity contribution in [3.63, 3.8) is 0 Å². The highest BCUT2D eigenvalue weighted by molar-refractivity contribution is 6.31. The number of non-ortho nitro benzene ring substituents is 1. The van der Waals surface area contributed by atoms with Gasteiger partial charge in [-0.2, -0.15) is 0 Å². The number of anilines is 1. The number of para-hydroxylation sites is 1. The molecule has 4 rings (SSSR count). The van der Waals surface area contributed by atoms with Crippen LogP contribution >= 0.6 is 11.6 Å². The zero-order valence-electron chi connectivity index (χ0n) is 12.3. The molecule has 1 N–H and O–H groups in total. The van der Waals surface area contributed by atoms with Gasteiger partial charge in [-0.1, -0.05) is 42.0 Å². The van der Waals surface area contributed by atoms with Crippen LogP contribution in [0, 0.1) is 16.0 Å². The molecule has 0 unspecified atom stereocenters. The number of hydrogen-bond acceptors (Lipinski definition) is 3. The van der Waals surface area contributed by atoms with Crippen molar-refractivity contribution in [3.8, 4) is 0 Å². The fourth-order valence-electron chi connectivity index (χ4n) is 3.73. The summed E-state index contributed by atoms with van der Waals surface area (Å²) in [5.74, 6) is 0.650. The summed E-state index contributed by atoms with van der Waals surface area (Å²) >= 11 is 6.37. The second kappa shape index (κ2) is 5.39. The van der Waals surface area contributed by atoms with Gasteiger partial charge in [0.1, 0.15) is 0 Å². The molecule has 3 atom stereocenters. The summed E-state index contributed by atoms with van der Waals surface area (Å²) in [7, 11) is 0. The fourth-order valence-corrected chi connectivity index (χ4v) is 3.97. The maximum atomic E-state index is 11.1. The van der Waals surface area contributed by atoms with Crippen LogP contribution in [-0.4, -0.2) is 4.92 Å². The van der Waals surface area contributed by atoms with E-state index in [-0.39, 0.29) is 16.7 Å². The molecule has 2 aliphatic rings. The number of hydrogen-bond donors (Lipinski definition) is 1. The SMILES string of the molecule is O=[N+]([O-])c1ccc(Cl)c([C@@H]2Nc3ccccc3[C@H]3C=CC[C@H]32)c1. The van der Waals surface area contributed by atoms with Crippen molar-refractivity contribution in [1.82, 2.24) is 0 Å². The van der Waals surface area contributed by atoms with Crippen molar-refractivity contribution in [1.29, 1.82) is 0 Å². The van der Waals surface area contributed by atoms with Crippen LogP contribution in [0.15, 0.2) is 54.6 Å². The molecule has 1 aliphatic carbocycles. The third-order valence-electron chi connectivity index (χ3n) is 4.80. The Morgan fingerprint density at radius 1 is 1.17 bits per heavy atom.